The summed E-state index contributed by atoms with van der Waals surface area (Å²) in [5, 5.41) is 4.21. The first-order valence-corrected chi connectivity index (χ1v) is 7.46. The highest BCUT2D eigenvalue weighted by Gasteiger charge is 2.21. The van der Waals surface area contributed by atoms with Crippen LogP contribution in [0.2, 0.25) is 0 Å². The third-order valence-electron chi connectivity index (χ3n) is 4.14. The molecule has 1 aromatic carbocycles. The monoisotopic (exact) mass is 271 g/mol. The van der Waals surface area contributed by atoms with Gasteiger partial charge in [-0.15, -0.1) is 0 Å². The molecule has 0 aliphatic carbocycles. The standard InChI is InChI=1S/C16H21N3O/c1-12-11-15(20)17-18-16(12)13-5-7-14(8-6-13)19-9-3-2-4-10-19/h5-8,12H,2-4,9-11H2,1H3,(H,17,20). The second-order valence-corrected chi connectivity index (χ2v) is 5.73. The quantitative estimate of drug-likeness (QED) is 0.898. The summed E-state index contributed by atoms with van der Waals surface area (Å²) in [5.41, 5.74) is 5.96. The summed E-state index contributed by atoms with van der Waals surface area (Å²) in [6.45, 7) is 4.37. The molecule has 1 N–H and O–H groups in total. The average molecular weight is 271 g/mol. The SMILES string of the molecule is CC1CC(=O)NN=C1c1ccc(N2CCCCC2)cc1. The van der Waals surface area contributed by atoms with Gasteiger partial charge in [0.2, 0.25) is 5.91 Å². The number of carbonyl (C=O) groups excluding carboxylic acids is 1. The molecule has 1 saturated heterocycles. The summed E-state index contributed by atoms with van der Waals surface area (Å²) >= 11 is 0. The summed E-state index contributed by atoms with van der Waals surface area (Å²) in [5.74, 6) is 0.191. The Bertz CT molecular complexity index is 515. The highest BCUT2D eigenvalue weighted by Crippen LogP contribution is 2.22. The molecule has 0 bridgehead atoms. The van der Waals surface area contributed by atoms with Crippen LogP contribution in [0.25, 0.3) is 0 Å². The van der Waals surface area contributed by atoms with Crippen molar-refractivity contribution in [1.82, 2.24) is 5.43 Å². The summed E-state index contributed by atoms with van der Waals surface area (Å²) in [6, 6.07) is 8.59. The molecule has 0 saturated carbocycles. The lowest BCUT2D eigenvalue weighted by Crippen LogP contribution is -2.32. The molecule has 0 spiro atoms. The van der Waals surface area contributed by atoms with Crippen LogP contribution in [-0.4, -0.2) is 24.7 Å². The molecule has 4 heteroatoms. The van der Waals surface area contributed by atoms with Crippen molar-refractivity contribution in [1.29, 1.82) is 0 Å². The third kappa shape index (κ3) is 2.69. The number of rotatable bonds is 2. The van der Waals surface area contributed by atoms with Crippen molar-refractivity contribution in [3.8, 4) is 0 Å². The van der Waals surface area contributed by atoms with E-state index in [1.165, 1.54) is 24.9 Å². The predicted octanol–water partition coefficient (Wildman–Crippen LogP) is 2.54. The van der Waals surface area contributed by atoms with Gasteiger partial charge in [0, 0.05) is 31.1 Å². The van der Waals surface area contributed by atoms with Crippen molar-refractivity contribution < 1.29 is 4.79 Å². The third-order valence-corrected chi connectivity index (χ3v) is 4.14. The van der Waals surface area contributed by atoms with Crippen LogP contribution in [0.1, 0.15) is 38.2 Å². The van der Waals surface area contributed by atoms with E-state index in [1.807, 2.05) is 0 Å². The van der Waals surface area contributed by atoms with Gasteiger partial charge in [0.25, 0.3) is 0 Å². The predicted molar refractivity (Wildman–Crippen MR) is 81.0 cm³/mol. The van der Waals surface area contributed by atoms with Crippen LogP contribution < -0.4 is 10.3 Å². The molecule has 3 rings (SSSR count). The van der Waals surface area contributed by atoms with Crippen LogP contribution in [0, 0.1) is 5.92 Å². The summed E-state index contributed by atoms with van der Waals surface area (Å²) < 4.78 is 0. The van der Waals surface area contributed by atoms with Crippen molar-refractivity contribution in [3.05, 3.63) is 29.8 Å². The van der Waals surface area contributed by atoms with Crippen LogP contribution in [0.3, 0.4) is 0 Å². The van der Waals surface area contributed by atoms with Crippen LogP contribution in [0.4, 0.5) is 5.69 Å². The molecule has 0 radical (unpaired) electrons. The van der Waals surface area contributed by atoms with E-state index in [0.29, 0.717) is 6.42 Å². The molecule has 2 heterocycles. The smallest absolute Gasteiger partial charge is 0.240 e. The zero-order chi connectivity index (χ0) is 13.9. The molecule has 2 aliphatic heterocycles. The number of anilines is 1. The van der Waals surface area contributed by atoms with E-state index in [9.17, 15) is 4.79 Å². The van der Waals surface area contributed by atoms with Crippen molar-refractivity contribution in [2.45, 2.75) is 32.6 Å². The lowest BCUT2D eigenvalue weighted by atomic mass is 9.94. The maximum absolute atomic E-state index is 11.3. The van der Waals surface area contributed by atoms with E-state index in [4.69, 9.17) is 0 Å². The summed E-state index contributed by atoms with van der Waals surface area (Å²) in [4.78, 5) is 13.7. The Kier molecular flexibility index (Phi) is 3.72. The normalized spacial score (nSPS) is 23.2. The second-order valence-electron chi connectivity index (χ2n) is 5.73. The number of amides is 1. The molecular weight excluding hydrogens is 250 g/mol. The maximum Gasteiger partial charge on any atom is 0.240 e. The number of hydrogen-bond acceptors (Lipinski definition) is 3. The van der Waals surface area contributed by atoms with E-state index in [2.05, 4.69) is 46.6 Å². The van der Waals surface area contributed by atoms with E-state index in [1.54, 1.807) is 0 Å². The molecule has 1 fully saturated rings. The first kappa shape index (κ1) is 13.2. The average Bonchev–Trinajstić information content (AvgIpc) is 2.48. The van der Waals surface area contributed by atoms with Crippen molar-refractivity contribution in [3.63, 3.8) is 0 Å². The topological polar surface area (TPSA) is 44.7 Å². The summed E-state index contributed by atoms with van der Waals surface area (Å²) in [7, 11) is 0. The lowest BCUT2D eigenvalue weighted by Gasteiger charge is -2.29. The fourth-order valence-corrected chi connectivity index (χ4v) is 3.00. The fourth-order valence-electron chi connectivity index (χ4n) is 3.00. The Balaban J connectivity index is 1.77. The Morgan fingerprint density at radius 3 is 2.50 bits per heavy atom. The van der Waals surface area contributed by atoms with Crippen molar-refractivity contribution in [2.24, 2.45) is 11.0 Å². The number of hydrazone groups is 1. The van der Waals surface area contributed by atoms with Gasteiger partial charge in [0.1, 0.15) is 0 Å². The zero-order valence-electron chi connectivity index (χ0n) is 11.9. The van der Waals surface area contributed by atoms with E-state index >= 15 is 0 Å². The van der Waals surface area contributed by atoms with Gasteiger partial charge >= 0.3 is 0 Å². The molecule has 106 valence electrons. The minimum atomic E-state index is 0.00573. The van der Waals surface area contributed by atoms with Gasteiger partial charge in [0.05, 0.1) is 5.71 Å². The van der Waals surface area contributed by atoms with Gasteiger partial charge in [-0.05, 0) is 37.0 Å². The Labute approximate surface area is 119 Å². The molecule has 1 amide bonds. The van der Waals surface area contributed by atoms with Gasteiger partial charge in [-0.3, -0.25) is 4.79 Å². The minimum absolute atomic E-state index is 0.00573. The van der Waals surface area contributed by atoms with E-state index < -0.39 is 0 Å². The van der Waals surface area contributed by atoms with Gasteiger partial charge in [-0.1, -0.05) is 19.1 Å². The Morgan fingerprint density at radius 1 is 1.15 bits per heavy atom. The van der Waals surface area contributed by atoms with Crippen LogP contribution >= 0.6 is 0 Å². The van der Waals surface area contributed by atoms with Crippen molar-refractivity contribution >= 4 is 17.3 Å². The lowest BCUT2D eigenvalue weighted by molar-refractivity contribution is -0.121. The highest BCUT2D eigenvalue weighted by molar-refractivity contribution is 6.05. The van der Waals surface area contributed by atoms with Crippen LogP contribution in [0.5, 0.6) is 0 Å². The minimum Gasteiger partial charge on any atom is -0.372 e. The first-order valence-electron chi connectivity index (χ1n) is 7.46. The molecule has 2 aliphatic rings. The first-order chi connectivity index (χ1) is 9.74. The molecule has 1 atom stereocenters. The fraction of sp³-hybridized carbons (Fsp3) is 0.500. The molecule has 4 nitrogen and oxygen atoms in total. The van der Waals surface area contributed by atoms with Gasteiger partial charge in [-0.2, -0.15) is 5.10 Å². The largest absolute Gasteiger partial charge is 0.372 e. The second kappa shape index (κ2) is 5.65. The number of hydrogen-bond donors (Lipinski definition) is 1. The Morgan fingerprint density at radius 2 is 1.85 bits per heavy atom. The molecule has 1 unspecified atom stereocenters. The molecule has 1 aromatic rings. The number of nitrogens with one attached hydrogen (secondary N) is 1. The maximum atomic E-state index is 11.3. The van der Waals surface area contributed by atoms with Gasteiger partial charge < -0.3 is 4.90 Å². The zero-order valence-corrected chi connectivity index (χ0v) is 11.9. The Hall–Kier alpha value is -1.84. The van der Waals surface area contributed by atoms with Crippen molar-refractivity contribution in [2.75, 3.05) is 18.0 Å². The molecule has 20 heavy (non-hydrogen) atoms. The van der Waals surface area contributed by atoms with E-state index in [0.717, 1.165) is 24.4 Å². The van der Waals surface area contributed by atoms with Crippen LogP contribution in [-0.2, 0) is 4.79 Å². The number of carbonyl (C=O) groups is 1. The number of piperidine rings is 1. The van der Waals surface area contributed by atoms with Gasteiger partial charge in [0.15, 0.2) is 0 Å². The molecular formula is C16H21N3O. The highest BCUT2D eigenvalue weighted by atomic mass is 16.2. The number of benzene rings is 1. The number of nitrogens with zero attached hydrogens (tertiary/aromatic N) is 2. The summed E-state index contributed by atoms with van der Waals surface area (Å²) in [6.07, 6.45) is 4.45. The molecule has 0 aromatic heterocycles. The van der Waals surface area contributed by atoms with Gasteiger partial charge in [-0.25, -0.2) is 5.43 Å². The van der Waals surface area contributed by atoms with Crippen LogP contribution in [0.15, 0.2) is 29.4 Å². The van der Waals surface area contributed by atoms with E-state index in [-0.39, 0.29) is 11.8 Å².